The van der Waals surface area contributed by atoms with Crippen molar-refractivity contribution in [1.29, 1.82) is 0 Å². The highest BCUT2D eigenvalue weighted by molar-refractivity contribution is 9.10. The fourth-order valence-corrected chi connectivity index (χ4v) is 3.49. The molecule has 6 heteroatoms. The van der Waals surface area contributed by atoms with Crippen molar-refractivity contribution in [2.75, 3.05) is 0 Å². The molecule has 0 fully saturated rings. The molecule has 0 bridgehead atoms. The van der Waals surface area contributed by atoms with Crippen LogP contribution in [0.15, 0.2) is 39.6 Å². The van der Waals surface area contributed by atoms with Crippen molar-refractivity contribution in [2.45, 2.75) is 6.42 Å². The lowest BCUT2D eigenvalue weighted by molar-refractivity contribution is 0.451. The number of H-pyrrole nitrogens is 1. The SMILES string of the molecule is O=c1[nH]c(O)c(Cc2ccc3cc(O)ccc3c2Br)s1. The second-order valence-corrected chi connectivity index (χ2v) is 6.27. The van der Waals surface area contributed by atoms with Gasteiger partial charge in [-0.25, -0.2) is 0 Å². The summed E-state index contributed by atoms with van der Waals surface area (Å²) in [6.45, 7) is 0. The molecule has 0 atom stereocenters. The van der Waals surface area contributed by atoms with Gasteiger partial charge in [-0.2, -0.15) is 0 Å². The Morgan fingerprint density at radius 1 is 1.20 bits per heavy atom. The average molecular weight is 352 g/mol. The molecule has 2 aromatic carbocycles. The van der Waals surface area contributed by atoms with E-state index >= 15 is 0 Å². The van der Waals surface area contributed by atoms with Gasteiger partial charge in [0.2, 0.25) is 5.88 Å². The molecule has 3 aromatic rings. The van der Waals surface area contributed by atoms with Crippen molar-refractivity contribution in [1.82, 2.24) is 4.98 Å². The highest BCUT2D eigenvalue weighted by atomic mass is 79.9. The second kappa shape index (κ2) is 4.96. The van der Waals surface area contributed by atoms with Crippen LogP contribution in [0.3, 0.4) is 0 Å². The molecule has 102 valence electrons. The van der Waals surface area contributed by atoms with Gasteiger partial charge in [0.15, 0.2) is 0 Å². The summed E-state index contributed by atoms with van der Waals surface area (Å²) in [5.74, 6) is 0.149. The number of halogens is 1. The quantitative estimate of drug-likeness (QED) is 0.662. The fourth-order valence-electron chi connectivity index (χ4n) is 2.11. The normalized spacial score (nSPS) is 11.1. The molecule has 0 radical (unpaired) electrons. The van der Waals surface area contributed by atoms with Crippen LogP contribution in [-0.2, 0) is 6.42 Å². The smallest absolute Gasteiger partial charge is 0.307 e. The predicted octanol–water partition coefficient (Wildman–Crippen LogP) is 3.35. The van der Waals surface area contributed by atoms with E-state index in [4.69, 9.17) is 0 Å². The van der Waals surface area contributed by atoms with Crippen LogP contribution in [0.2, 0.25) is 0 Å². The maximum absolute atomic E-state index is 11.2. The van der Waals surface area contributed by atoms with E-state index in [1.807, 2.05) is 18.2 Å². The number of phenols is 1. The van der Waals surface area contributed by atoms with E-state index < -0.39 is 0 Å². The van der Waals surface area contributed by atoms with Crippen molar-refractivity contribution >= 4 is 38.0 Å². The van der Waals surface area contributed by atoms with Crippen LogP contribution < -0.4 is 4.87 Å². The number of thiazole rings is 1. The summed E-state index contributed by atoms with van der Waals surface area (Å²) in [5, 5.41) is 21.0. The summed E-state index contributed by atoms with van der Waals surface area (Å²) >= 11 is 4.55. The molecule has 0 aliphatic heterocycles. The Morgan fingerprint density at radius 3 is 2.70 bits per heavy atom. The van der Waals surface area contributed by atoms with Crippen molar-refractivity contribution in [2.24, 2.45) is 0 Å². The fraction of sp³-hybridized carbons (Fsp3) is 0.0714. The Bertz CT molecular complexity index is 853. The third-order valence-corrected chi connectivity index (χ3v) is 4.88. The van der Waals surface area contributed by atoms with Gasteiger partial charge in [0, 0.05) is 10.9 Å². The third kappa shape index (κ3) is 2.32. The molecule has 0 spiro atoms. The zero-order chi connectivity index (χ0) is 14.3. The molecule has 0 saturated heterocycles. The summed E-state index contributed by atoms with van der Waals surface area (Å²) in [5.41, 5.74) is 0.966. The van der Waals surface area contributed by atoms with Gasteiger partial charge in [0.25, 0.3) is 0 Å². The van der Waals surface area contributed by atoms with Gasteiger partial charge in [-0.15, -0.1) is 0 Å². The lowest BCUT2D eigenvalue weighted by Crippen LogP contribution is -1.89. The molecule has 3 N–H and O–H groups in total. The summed E-state index contributed by atoms with van der Waals surface area (Å²) in [4.78, 5) is 13.9. The first-order valence-corrected chi connectivity index (χ1v) is 7.46. The number of aromatic nitrogens is 1. The minimum Gasteiger partial charge on any atom is -0.508 e. The highest BCUT2D eigenvalue weighted by Gasteiger charge is 2.11. The Kier molecular flexibility index (Phi) is 3.27. The maximum Gasteiger partial charge on any atom is 0.307 e. The Morgan fingerprint density at radius 2 is 2.00 bits per heavy atom. The van der Waals surface area contributed by atoms with Crippen LogP contribution in [0.5, 0.6) is 11.6 Å². The Hall–Kier alpha value is -1.79. The van der Waals surface area contributed by atoms with Gasteiger partial charge in [-0.3, -0.25) is 9.78 Å². The molecule has 20 heavy (non-hydrogen) atoms. The van der Waals surface area contributed by atoms with Crippen molar-refractivity contribution in [3.8, 4) is 11.6 Å². The van der Waals surface area contributed by atoms with E-state index in [2.05, 4.69) is 20.9 Å². The molecule has 0 unspecified atom stereocenters. The summed E-state index contributed by atoms with van der Waals surface area (Å²) in [6, 6.07) is 8.97. The first-order chi connectivity index (χ1) is 9.54. The largest absolute Gasteiger partial charge is 0.508 e. The predicted molar refractivity (Wildman–Crippen MR) is 82.7 cm³/mol. The molecule has 4 nitrogen and oxygen atoms in total. The van der Waals surface area contributed by atoms with Crippen LogP contribution in [-0.4, -0.2) is 15.2 Å². The van der Waals surface area contributed by atoms with Crippen LogP contribution in [0.4, 0.5) is 0 Å². The summed E-state index contributed by atoms with van der Waals surface area (Å²) in [6.07, 6.45) is 0.465. The number of hydrogen-bond acceptors (Lipinski definition) is 4. The lowest BCUT2D eigenvalue weighted by atomic mass is 10.0. The number of fused-ring (bicyclic) bond motifs is 1. The number of aromatic amines is 1. The van der Waals surface area contributed by atoms with Crippen LogP contribution in [0.1, 0.15) is 10.4 Å². The Balaban J connectivity index is 2.08. The minimum atomic E-state index is -0.265. The van der Waals surface area contributed by atoms with Crippen LogP contribution in [0, 0.1) is 0 Å². The number of nitrogens with one attached hydrogen (secondary N) is 1. The molecule has 0 amide bonds. The summed E-state index contributed by atoms with van der Waals surface area (Å²) in [7, 11) is 0. The van der Waals surface area contributed by atoms with Gasteiger partial charge in [0.05, 0.1) is 4.88 Å². The standard InChI is InChI=1S/C14H10BrNO3S/c15-12-8(6-11-13(18)16-14(19)20-11)2-1-7-5-9(17)3-4-10(7)12/h1-5,17-18H,6H2,(H,16,19). The first kappa shape index (κ1) is 13.2. The van der Waals surface area contributed by atoms with E-state index in [9.17, 15) is 15.0 Å². The molecule has 3 rings (SSSR count). The van der Waals surface area contributed by atoms with E-state index in [0.29, 0.717) is 11.3 Å². The first-order valence-electron chi connectivity index (χ1n) is 5.85. The number of benzene rings is 2. The van der Waals surface area contributed by atoms with E-state index in [0.717, 1.165) is 32.1 Å². The highest BCUT2D eigenvalue weighted by Crippen LogP contribution is 2.32. The zero-order valence-corrected chi connectivity index (χ0v) is 12.6. The van der Waals surface area contributed by atoms with Crippen LogP contribution in [0.25, 0.3) is 10.8 Å². The molecule has 0 aliphatic carbocycles. The maximum atomic E-state index is 11.2. The van der Waals surface area contributed by atoms with Gasteiger partial charge >= 0.3 is 4.87 Å². The minimum absolute atomic E-state index is 0.0716. The Labute approximate surface area is 126 Å². The van der Waals surface area contributed by atoms with Crippen LogP contribution >= 0.6 is 27.3 Å². The van der Waals surface area contributed by atoms with Gasteiger partial charge in [0.1, 0.15) is 5.75 Å². The monoisotopic (exact) mass is 351 g/mol. The molecule has 0 aliphatic rings. The lowest BCUT2D eigenvalue weighted by Gasteiger charge is -2.07. The second-order valence-electron chi connectivity index (χ2n) is 4.41. The molecular formula is C14H10BrNO3S. The topological polar surface area (TPSA) is 73.3 Å². The van der Waals surface area contributed by atoms with Crippen molar-refractivity contribution in [3.63, 3.8) is 0 Å². The van der Waals surface area contributed by atoms with E-state index in [-0.39, 0.29) is 16.5 Å². The van der Waals surface area contributed by atoms with Gasteiger partial charge in [-0.05, 0) is 50.5 Å². The van der Waals surface area contributed by atoms with E-state index in [1.54, 1.807) is 12.1 Å². The van der Waals surface area contributed by atoms with E-state index in [1.165, 1.54) is 0 Å². The molecule has 1 aromatic heterocycles. The number of aromatic hydroxyl groups is 2. The number of phenolic OH excluding ortho intramolecular Hbond substituents is 1. The summed E-state index contributed by atoms with van der Waals surface area (Å²) < 4.78 is 0.898. The number of hydrogen-bond donors (Lipinski definition) is 3. The van der Waals surface area contributed by atoms with Gasteiger partial charge < -0.3 is 10.2 Å². The third-order valence-electron chi connectivity index (χ3n) is 3.07. The number of rotatable bonds is 2. The van der Waals surface area contributed by atoms with Crippen molar-refractivity contribution < 1.29 is 10.2 Å². The molecule has 1 heterocycles. The molecular weight excluding hydrogens is 342 g/mol. The van der Waals surface area contributed by atoms with Gasteiger partial charge in [-0.1, -0.05) is 23.5 Å². The van der Waals surface area contributed by atoms with Crippen molar-refractivity contribution in [3.05, 3.63) is 54.9 Å². The zero-order valence-electron chi connectivity index (χ0n) is 10.2. The molecule has 0 saturated carbocycles. The average Bonchev–Trinajstić information content (AvgIpc) is 2.71.